The molecular formula is C6H13O5P. The van der Waals surface area contributed by atoms with Crippen LogP contribution in [0.15, 0.2) is 0 Å². The molecule has 0 aromatic carbocycles. The summed E-state index contributed by atoms with van der Waals surface area (Å²) in [5, 5.41) is -1.94. The Morgan fingerprint density at radius 2 is 2.00 bits per heavy atom. The van der Waals surface area contributed by atoms with E-state index in [1.165, 1.54) is 6.92 Å². The Balaban J connectivity index is 4.82. The SMILES string of the molecule is CCOC(C=O)(CC)P(=O)(O)O. The predicted molar refractivity (Wildman–Crippen MR) is 42.8 cm³/mol. The molecule has 0 aliphatic rings. The molecule has 1 unspecified atom stereocenters. The maximum absolute atomic E-state index is 10.8. The van der Waals surface area contributed by atoms with Gasteiger partial charge in [0.05, 0.1) is 0 Å². The third-order valence-corrected chi connectivity index (χ3v) is 3.11. The van der Waals surface area contributed by atoms with E-state index >= 15 is 0 Å². The van der Waals surface area contributed by atoms with Crippen molar-refractivity contribution < 1.29 is 23.9 Å². The quantitative estimate of drug-likeness (QED) is 0.494. The maximum atomic E-state index is 10.8. The van der Waals surface area contributed by atoms with Crippen LogP contribution in [-0.2, 0) is 14.1 Å². The lowest BCUT2D eigenvalue weighted by Gasteiger charge is -2.26. The minimum absolute atomic E-state index is 0.0331. The Bertz CT molecular complexity index is 198. The first kappa shape index (κ1) is 11.8. The smallest absolute Gasteiger partial charge is 0.356 e. The van der Waals surface area contributed by atoms with Crippen molar-refractivity contribution in [3.63, 3.8) is 0 Å². The molecule has 12 heavy (non-hydrogen) atoms. The number of carbonyl (C=O) groups excluding carboxylic acids is 1. The molecule has 5 nitrogen and oxygen atoms in total. The van der Waals surface area contributed by atoms with Crippen LogP contribution in [0.5, 0.6) is 0 Å². The van der Waals surface area contributed by atoms with E-state index in [2.05, 4.69) is 0 Å². The van der Waals surface area contributed by atoms with Crippen molar-refractivity contribution in [2.75, 3.05) is 6.61 Å². The minimum Gasteiger partial charge on any atom is -0.356 e. The second kappa shape index (κ2) is 4.14. The zero-order valence-corrected chi connectivity index (χ0v) is 7.95. The summed E-state index contributed by atoms with van der Waals surface area (Å²) in [4.78, 5) is 28.1. The molecule has 1 atom stereocenters. The molecule has 0 aromatic rings. The maximum Gasteiger partial charge on any atom is 0.364 e. The van der Waals surface area contributed by atoms with Crippen LogP contribution in [0.2, 0.25) is 0 Å². The highest BCUT2D eigenvalue weighted by molar-refractivity contribution is 7.54. The molecule has 0 aromatic heterocycles. The van der Waals surface area contributed by atoms with Crippen molar-refractivity contribution in [2.45, 2.75) is 25.6 Å². The van der Waals surface area contributed by atoms with E-state index < -0.39 is 12.9 Å². The van der Waals surface area contributed by atoms with Crippen LogP contribution < -0.4 is 0 Å². The first-order valence-electron chi connectivity index (χ1n) is 3.59. The molecular weight excluding hydrogens is 183 g/mol. The number of carbonyl (C=O) groups is 1. The number of ether oxygens (including phenoxy) is 1. The predicted octanol–water partition coefficient (Wildman–Crippen LogP) is 0.506. The van der Waals surface area contributed by atoms with E-state index in [1.807, 2.05) is 0 Å². The standard InChI is InChI=1S/C6H13O5P/c1-3-6(5-7,11-4-2)12(8,9)10/h5H,3-4H2,1-2H3,(H2,8,9,10). The van der Waals surface area contributed by atoms with Crippen LogP contribution in [0.25, 0.3) is 0 Å². The summed E-state index contributed by atoms with van der Waals surface area (Å²) in [6.07, 6.45) is 0.145. The highest BCUT2D eigenvalue weighted by Gasteiger charge is 2.46. The van der Waals surface area contributed by atoms with Crippen molar-refractivity contribution in [1.82, 2.24) is 0 Å². The lowest BCUT2D eigenvalue weighted by atomic mass is 10.3. The van der Waals surface area contributed by atoms with Gasteiger partial charge in [0.1, 0.15) is 0 Å². The molecule has 0 heterocycles. The molecule has 0 fully saturated rings. The summed E-state index contributed by atoms with van der Waals surface area (Å²) in [5.41, 5.74) is 0. The van der Waals surface area contributed by atoms with Crippen LogP contribution >= 0.6 is 7.60 Å². The van der Waals surface area contributed by atoms with E-state index in [9.17, 15) is 9.36 Å². The lowest BCUT2D eigenvalue weighted by molar-refractivity contribution is -0.123. The third-order valence-electron chi connectivity index (χ3n) is 1.58. The number of aldehydes is 1. The summed E-state index contributed by atoms with van der Waals surface area (Å²) in [6, 6.07) is 0. The van der Waals surface area contributed by atoms with Gasteiger partial charge in [0.15, 0.2) is 6.29 Å². The first-order valence-corrected chi connectivity index (χ1v) is 5.20. The third kappa shape index (κ3) is 2.14. The van der Waals surface area contributed by atoms with Gasteiger partial charge in [-0.15, -0.1) is 0 Å². The molecule has 72 valence electrons. The van der Waals surface area contributed by atoms with Crippen LogP contribution in [0, 0.1) is 0 Å². The molecule has 0 saturated heterocycles. The van der Waals surface area contributed by atoms with Gasteiger partial charge in [0.25, 0.3) is 0 Å². The molecule has 0 amide bonds. The monoisotopic (exact) mass is 196 g/mol. The van der Waals surface area contributed by atoms with Gasteiger partial charge >= 0.3 is 7.60 Å². The second-order valence-electron chi connectivity index (χ2n) is 2.29. The van der Waals surface area contributed by atoms with Crippen molar-refractivity contribution in [3.05, 3.63) is 0 Å². The summed E-state index contributed by atoms with van der Waals surface area (Å²) in [6.45, 7) is 3.16. The fourth-order valence-corrected chi connectivity index (χ4v) is 1.67. The van der Waals surface area contributed by atoms with E-state index in [-0.39, 0.29) is 19.3 Å². The summed E-state index contributed by atoms with van der Waals surface area (Å²) in [7, 11) is -4.51. The van der Waals surface area contributed by atoms with E-state index in [1.54, 1.807) is 6.92 Å². The number of hydrogen-bond donors (Lipinski definition) is 2. The molecule has 6 heteroatoms. The number of rotatable bonds is 5. The zero-order chi connectivity index (χ0) is 9.83. The van der Waals surface area contributed by atoms with Gasteiger partial charge in [-0.25, -0.2) is 0 Å². The van der Waals surface area contributed by atoms with E-state index in [0.717, 1.165) is 0 Å². The van der Waals surface area contributed by atoms with Gasteiger partial charge in [0, 0.05) is 6.61 Å². The fourth-order valence-electron chi connectivity index (χ4n) is 0.828. The van der Waals surface area contributed by atoms with E-state index in [4.69, 9.17) is 14.5 Å². The molecule has 0 aliphatic carbocycles. The van der Waals surface area contributed by atoms with Crippen LogP contribution in [0.1, 0.15) is 20.3 Å². The molecule has 0 bridgehead atoms. The van der Waals surface area contributed by atoms with E-state index in [0.29, 0.717) is 0 Å². The summed E-state index contributed by atoms with van der Waals surface area (Å²) in [5.74, 6) is 0. The Kier molecular flexibility index (Phi) is 4.06. The highest BCUT2D eigenvalue weighted by Crippen LogP contribution is 2.51. The average Bonchev–Trinajstić information content (AvgIpc) is 1.98. The van der Waals surface area contributed by atoms with Crippen molar-refractivity contribution in [1.29, 1.82) is 0 Å². The number of hydrogen-bond acceptors (Lipinski definition) is 3. The molecule has 0 saturated carbocycles. The van der Waals surface area contributed by atoms with Gasteiger partial charge in [-0.2, -0.15) is 0 Å². The van der Waals surface area contributed by atoms with Crippen molar-refractivity contribution >= 4 is 13.9 Å². The van der Waals surface area contributed by atoms with Crippen LogP contribution in [-0.4, -0.2) is 28.0 Å². The van der Waals surface area contributed by atoms with Gasteiger partial charge in [-0.1, -0.05) is 6.92 Å². The van der Waals surface area contributed by atoms with Gasteiger partial charge in [-0.3, -0.25) is 9.36 Å². The van der Waals surface area contributed by atoms with Gasteiger partial charge in [-0.05, 0) is 13.3 Å². The average molecular weight is 196 g/mol. The van der Waals surface area contributed by atoms with Gasteiger partial charge < -0.3 is 14.5 Å². The van der Waals surface area contributed by atoms with Crippen LogP contribution in [0.4, 0.5) is 0 Å². The molecule has 0 rings (SSSR count). The Hall–Kier alpha value is -0.220. The Labute approximate surface area is 70.9 Å². The largest absolute Gasteiger partial charge is 0.364 e. The zero-order valence-electron chi connectivity index (χ0n) is 7.06. The Morgan fingerprint density at radius 3 is 2.08 bits per heavy atom. The van der Waals surface area contributed by atoms with Crippen LogP contribution in [0.3, 0.4) is 0 Å². The molecule has 0 radical (unpaired) electrons. The van der Waals surface area contributed by atoms with Crippen molar-refractivity contribution in [3.8, 4) is 0 Å². The molecule has 2 N–H and O–H groups in total. The second-order valence-corrected chi connectivity index (χ2v) is 4.14. The first-order chi connectivity index (χ1) is 5.43. The lowest BCUT2D eigenvalue weighted by Crippen LogP contribution is -2.33. The summed E-state index contributed by atoms with van der Waals surface area (Å²) < 4.78 is 15.6. The van der Waals surface area contributed by atoms with Crippen molar-refractivity contribution in [2.24, 2.45) is 0 Å². The highest BCUT2D eigenvalue weighted by atomic mass is 31.2. The Morgan fingerprint density at radius 1 is 1.50 bits per heavy atom. The topological polar surface area (TPSA) is 83.8 Å². The molecule has 0 aliphatic heterocycles. The normalized spacial score (nSPS) is 17.0. The summed E-state index contributed by atoms with van der Waals surface area (Å²) >= 11 is 0. The fraction of sp³-hybridized carbons (Fsp3) is 0.833. The molecule has 0 spiro atoms. The van der Waals surface area contributed by atoms with Gasteiger partial charge in [0.2, 0.25) is 5.34 Å². The minimum atomic E-state index is -4.51.